The van der Waals surface area contributed by atoms with Crippen molar-refractivity contribution >= 4 is 12.1 Å². The van der Waals surface area contributed by atoms with Gasteiger partial charge in [-0.15, -0.1) is 0 Å². The Morgan fingerprint density at radius 1 is 1.17 bits per heavy atom. The van der Waals surface area contributed by atoms with Crippen LogP contribution in [0.25, 0.3) is 0 Å². The first-order chi connectivity index (χ1) is 16.5. The molecule has 5 atom stereocenters. The molecule has 35 heavy (non-hydrogen) atoms. The normalized spacial score (nSPS) is 26.2. The Kier molecular flexibility index (Phi) is 8.81. The second-order valence-electron chi connectivity index (χ2n) is 11.3. The molecule has 3 rings (SSSR count). The molecule has 0 spiro atoms. The average molecular weight is 483 g/mol. The van der Waals surface area contributed by atoms with Crippen molar-refractivity contribution in [3.63, 3.8) is 0 Å². The van der Waals surface area contributed by atoms with Crippen LogP contribution < -0.4 is 5.32 Å². The second kappa shape index (κ2) is 11.4. The molecule has 0 aromatic heterocycles. The van der Waals surface area contributed by atoms with E-state index in [0.717, 1.165) is 25.8 Å². The van der Waals surface area contributed by atoms with Crippen molar-refractivity contribution < 1.29 is 19.1 Å². The smallest absolute Gasteiger partial charge is 0.408 e. The van der Waals surface area contributed by atoms with Crippen molar-refractivity contribution in [1.82, 2.24) is 10.2 Å². The maximum absolute atomic E-state index is 13.4. The molecular formula is C29H42N2O4. The van der Waals surface area contributed by atoms with Gasteiger partial charge in [0.05, 0.1) is 0 Å². The minimum atomic E-state index is -0.844. The Hall–Kier alpha value is -2.60. The lowest BCUT2D eigenvalue weighted by Crippen LogP contribution is -2.53. The molecule has 1 aromatic rings. The molecule has 6 heteroatoms. The van der Waals surface area contributed by atoms with Crippen molar-refractivity contribution in [2.24, 2.45) is 5.41 Å². The molecule has 1 aliphatic heterocycles. The zero-order valence-electron chi connectivity index (χ0n) is 22.1. The Morgan fingerprint density at radius 3 is 2.51 bits per heavy atom. The number of rotatable bonds is 8. The standard InChI is InChI=1S/C29H42N2O4/c1-21-15-16-24(31(21)20-23-13-9-7-10-14-23)19-22(2)34-26(32)25(29(6)17-11-8-12-18-29)30-27(33)35-28(3,4)5/h7-14,17,21-22,24-25H,15-16,18-20H2,1-6H3,(H,30,33). The van der Waals surface area contributed by atoms with Gasteiger partial charge >= 0.3 is 12.1 Å². The summed E-state index contributed by atoms with van der Waals surface area (Å²) < 4.78 is 11.4. The fourth-order valence-corrected chi connectivity index (χ4v) is 5.03. The molecule has 0 bridgehead atoms. The molecule has 192 valence electrons. The summed E-state index contributed by atoms with van der Waals surface area (Å²) >= 11 is 0. The highest BCUT2D eigenvalue weighted by Gasteiger charge is 2.41. The van der Waals surface area contributed by atoms with Crippen molar-refractivity contribution in [2.45, 2.75) is 104 Å². The van der Waals surface area contributed by atoms with Gasteiger partial charge in [0.25, 0.3) is 0 Å². The van der Waals surface area contributed by atoms with E-state index in [0.29, 0.717) is 18.5 Å². The summed E-state index contributed by atoms with van der Waals surface area (Å²) in [7, 11) is 0. The number of likely N-dealkylation sites (tertiary alicyclic amines) is 1. The van der Waals surface area contributed by atoms with Gasteiger partial charge in [-0.2, -0.15) is 0 Å². The molecule has 1 amide bonds. The zero-order chi connectivity index (χ0) is 25.6. The summed E-state index contributed by atoms with van der Waals surface area (Å²) in [5, 5.41) is 2.80. The van der Waals surface area contributed by atoms with E-state index in [1.54, 1.807) is 20.8 Å². The van der Waals surface area contributed by atoms with Gasteiger partial charge in [0.1, 0.15) is 17.7 Å². The van der Waals surface area contributed by atoms with E-state index in [1.807, 2.05) is 44.2 Å². The fraction of sp³-hybridized carbons (Fsp3) is 0.586. The number of allylic oxidation sites excluding steroid dienone is 3. The molecule has 1 N–H and O–H groups in total. The van der Waals surface area contributed by atoms with E-state index in [1.165, 1.54) is 5.56 Å². The topological polar surface area (TPSA) is 67.9 Å². The third kappa shape index (κ3) is 7.69. The summed E-state index contributed by atoms with van der Waals surface area (Å²) in [6.07, 6.45) is 10.5. The molecule has 6 nitrogen and oxygen atoms in total. The molecule has 1 aliphatic carbocycles. The SMILES string of the molecule is CC(CC1CCC(C)N1Cc1ccccc1)OC(=O)C(NC(=O)OC(C)(C)C)C1(C)C=CC=CC1. The summed E-state index contributed by atoms with van der Waals surface area (Å²) in [6.45, 7) is 12.5. The van der Waals surface area contributed by atoms with Crippen LogP contribution in [0, 0.1) is 5.41 Å². The summed E-state index contributed by atoms with van der Waals surface area (Å²) in [4.78, 5) is 28.5. The molecule has 1 aromatic carbocycles. The Balaban J connectivity index is 1.66. The number of ether oxygens (including phenoxy) is 2. The number of hydrogen-bond acceptors (Lipinski definition) is 5. The first-order valence-electron chi connectivity index (χ1n) is 12.8. The van der Waals surface area contributed by atoms with Crippen LogP contribution in [0.3, 0.4) is 0 Å². The van der Waals surface area contributed by atoms with E-state index in [4.69, 9.17) is 9.47 Å². The number of nitrogens with zero attached hydrogens (tertiary/aromatic N) is 1. The number of esters is 1. The predicted molar refractivity (Wildman–Crippen MR) is 139 cm³/mol. The fourth-order valence-electron chi connectivity index (χ4n) is 5.03. The van der Waals surface area contributed by atoms with Gasteiger partial charge in [0.15, 0.2) is 0 Å². The first kappa shape index (κ1) is 27.0. The van der Waals surface area contributed by atoms with E-state index in [2.05, 4.69) is 41.4 Å². The molecule has 1 heterocycles. The number of alkyl carbamates (subject to hydrolysis) is 1. The minimum Gasteiger partial charge on any atom is -0.461 e. The van der Waals surface area contributed by atoms with Crippen molar-refractivity contribution in [3.8, 4) is 0 Å². The lowest BCUT2D eigenvalue weighted by atomic mass is 9.77. The molecule has 0 saturated carbocycles. The number of hydrogen-bond donors (Lipinski definition) is 1. The molecule has 0 radical (unpaired) electrons. The Labute approximate surface area is 210 Å². The van der Waals surface area contributed by atoms with Crippen LogP contribution in [0.5, 0.6) is 0 Å². The highest BCUT2D eigenvalue weighted by atomic mass is 16.6. The summed E-state index contributed by atoms with van der Waals surface area (Å²) in [5.74, 6) is -0.425. The summed E-state index contributed by atoms with van der Waals surface area (Å²) in [6, 6.07) is 10.5. The number of benzene rings is 1. The number of nitrogens with one attached hydrogen (secondary N) is 1. The third-order valence-electron chi connectivity index (χ3n) is 6.92. The zero-order valence-corrected chi connectivity index (χ0v) is 22.1. The van der Waals surface area contributed by atoms with E-state index >= 15 is 0 Å². The van der Waals surface area contributed by atoms with E-state index in [9.17, 15) is 9.59 Å². The highest BCUT2D eigenvalue weighted by molar-refractivity contribution is 5.83. The Bertz CT molecular complexity index is 920. The lowest BCUT2D eigenvalue weighted by Gasteiger charge is -2.36. The maximum atomic E-state index is 13.4. The number of carbonyl (C=O) groups excluding carboxylic acids is 2. The van der Waals surface area contributed by atoms with Gasteiger partial charge in [0, 0.05) is 24.0 Å². The molecular weight excluding hydrogens is 440 g/mol. The number of amides is 1. The van der Waals surface area contributed by atoms with Crippen LogP contribution in [-0.4, -0.2) is 46.8 Å². The molecule has 5 unspecified atom stereocenters. The average Bonchev–Trinajstić information content (AvgIpc) is 3.11. The van der Waals surface area contributed by atoms with Crippen molar-refractivity contribution in [2.75, 3.05) is 0 Å². The largest absolute Gasteiger partial charge is 0.461 e. The van der Waals surface area contributed by atoms with Gasteiger partial charge in [0.2, 0.25) is 0 Å². The minimum absolute atomic E-state index is 0.272. The van der Waals surface area contributed by atoms with Crippen LogP contribution in [0.2, 0.25) is 0 Å². The monoisotopic (exact) mass is 482 g/mol. The van der Waals surface area contributed by atoms with E-state index in [-0.39, 0.29) is 6.10 Å². The van der Waals surface area contributed by atoms with Crippen LogP contribution in [0.1, 0.15) is 72.8 Å². The quantitative estimate of drug-likeness (QED) is 0.476. The van der Waals surface area contributed by atoms with E-state index < -0.39 is 29.1 Å². The van der Waals surface area contributed by atoms with Gasteiger partial charge in [-0.05, 0) is 65.9 Å². The first-order valence-corrected chi connectivity index (χ1v) is 12.8. The van der Waals surface area contributed by atoms with Gasteiger partial charge in [-0.1, -0.05) is 61.6 Å². The lowest BCUT2D eigenvalue weighted by molar-refractivity contribution is -0.154. The third-order valence-corrected chi connectivity index (χ3v) is 6.92. The molecule has 2 aliphatic rings. The molecule has 1 saturated heterocycles. The second-order valence-corrected chi connectivity index (χ2v) is 11.3. The Morgan fingerprint density at radius 2 is 1.89 bits per heavy atom. The highest BCUT2D eigenvalue weighted by Crippen LogP contribution is 2.33. The van der Waals surface area contributed by atoms with Gasteiger partial charge in [-0.25, -0.2) is 9.59 Å². The van der Waals surface area contributed by atoms with Crippen LogP contribution >= 0.6 is 0 Å². The molecule has 1 fully saturated rings. The number of carbonyl (C=O) groups is 2. The van der Waals surface area contributed by atoms with Crippen LogP contribution in [-0.2, 0) is 20.8 Å². The summed E-state index contributed by atoms with van der Waals surface area (Å²) in [5.41, 5.74) is 0.0442. The van der Waals surface area contributed by atoms with Crippen LogP contribution in [0.4, 0.5) is 4.79 Å². The predicted octanol–water partition coefficient (Wildman–Crippen LogP) is 5.78. The maximum Gasteiger partial charge on any atom is 0.408 e. The van der Waals surface area contributed by atoms with Crippen LogP contribution in [0.15, 0.2) is 54.6 Å². The van der Waals surface area contributed by atoms with Crippen molar-refractivity contribution in [1.29, 1.82) is 0 Å². The van der Waals surface area contributed by atoms with Crippen molar-refractivity contribution in [3.05, 3.63) is 60.2 Å². The van der Waals surface area contributed by atoms with Gasteiger partial charge < -0.3 is 14.8 Å². The van der Waals surface area contributed by atoms with Gasteiger partial charge in [-0.3, -0.25) is 4.90 Å².